The number of methoxy groups -OCH3 is 1. The van der Waals surface area contributed by atoms with E-state index >= 15 is 0 Å². The van der Waals surface area contributed by atoms with Gasteiger partial charge in [-0.05, 0) is 36.8 Å². The molecule has 0 saturated heterocycles. The minimum atomic E-state index is -0.175. The summed E-state index contributed by atoms with van der Waals surface area (Å²) in [6.45, 7) is 5.11. The summed E-state index contributed by atoms with van der Waals surface area (Å²) in [5, 5.41) is 13.0. The lowest BCUT2D eigenvalue weighted by molar-refractivity contribution is 0.149. The van der Waals surface area contributed by atoms with Crippen LogP contribution >= 0.6 is 11.8 Å². The molecule has 0 bridgehead atoms. The van der Waals surface area contributed by atoms with Crippen LogP contribution in [0.5, 0.6) is 5.75 Å². The molecule has 0 aliphatic heterocycles. The van der Waals surface area contributed by atoms with Crippen LogP contribution in [0.25, 0.3) is 0 Å². The molecule has 0 amide bonds. The number of aliphatic hydroxyl groups excluding tert-OH is 1. The Balaban J connectivity index is 2.77. The summed E-state index contributed by atoms with van der Waals surface area (Å²) in [5.41, 5.74) is 1.00. The molecule has 1 rings (SSSR count). The Morgan fingerprint density at radius 3 is 2.47 bits per heavy atom. The van der Waals surface area contributed by atoms with Crippen LogP contribution in [0.15, 0.2) is 23.1 Å². The van der Waals surface area contributed by atoms with Gasteiger partial charge in [0.15, 0.2) is 0 Å². The zero-order valence-electron chi connectivity index (χ0n) is 12.3. The molecule has 0 heterocycles. The number of hydrogen-bond donors (Lipinski definition) is 2. The SMILES string of the molecule is CCC(CC)(CO)NCc1ccc(SC)c(OC)c1. The van der Waals surface area contributed by atoms with Crippen molar-refractivity contribution in [2.24, 2.45) is 0 Å². The third-order valence-corrected chi connectivity index (χ3v) is 4.55. The zero-order chi connectivity index (χ0) is 14.3. The number of hydrogen-bond acceptors (Lipinski definition) is 4. The number of ether oxygens (including phenoxy) is 1. The van der Waals surface area contributed by atoms with Gasteiger partial charge in [-0.15, -0.1) is 11.8 Å². The Morgan fingerprint density at radius 1 is 1.32 bits per heavy atom. The standard InChI is InChI=1S/C15H25NO2S/c1-5-15(6-2,11-17)16-10-12-7-8-14(19-4)13(9-12)18-3/h7-9,16-17H,5-6,10-11H2,1-4H3. The van der Waals surface area contributed by atoms with Crippen molar-refractivity contribution in [1.82, 2.24) is 5.32 Å². The average molecular weight is 283 g/mol. The molecule has 0 aromatic heterocycles. The Bertz CT molecular complexity index is 383. The van der Waals surface area contributed by atoms with Crippen LogP contribution in [0.4, 0.5) is 0 Å². The maximum Gasteiger partial charge on any atom is 0.132 e. The summed E-state index contributed by atoms with van der Waals surface area (Å²) in [6, 6.07) is 6.25. The van der Waals surface area contributed by atoms with Crippen molar-refractivity contribution in [2.45, 2.75) is 43.7 Å². The largest absolute Gasteiger partial charge is 0.496 e. The van der Waals surface area contributed by atoms with Gasteiger partial charge in [-0.2, -0.15) is 0 Å². The highest BCUT2D eigenvalue weighted by molar-refractivity contribution is 7.98. The van der Waals surface area contributed by atoms with Crippen molar-refractivity contribution >= 4 is 11.8 Å². The van der Waals surface area contributed by atoms with Gasteiger partial charge in [0.1, 0.15) is 5.75 Å². The zero-order valence-corrected chi connectivity index (χ0v) is 13.1. The fraction of sp³-hybridized carbons (Fsp3) is 0.600. The van der Waals surface area contributed by atoms with Gasteiger partial charge >= 0.3 is 0 Å². The Morgan fingerprint density at radius 2 is 2.00 bits per heavy atom. The van der Waals surface area contributed by atoms with Crippen molar-refractivity contribution in [1.29, 1.82) is 0 Å². The van der Waals surface area contributed by atoms with E-state index in [-0.39, 0.29) is 12.1 Å². The minimum absolute atomic E-state index is 0.167. The first-order valence-corrected chi connectivity index (χ1v) is 7.94. The lowest BCUT2D eigenvalue weighted by atomic mass is 9.93. The first-order valence-electron chi connectivity index (χ1n) is 6.71. The number of rotatable bonds is 8. The molecule has 0 atom stereocenters. The summed E-state index contributed by atoms with van der Waals surface area (Å²) >= 11 is 1.68. The molecule has 0 saturated carbocycles. The maximum atomic E-state index is 9.55. The van der Waals surface area contributed by atoms with Crippen molar-refractivity contribution in [3.8, 4) is 5.75 Å². The first-order chi connectivity index (χ1) is 9.14. The molecular formula is C15H25NO2S. The molecule has 2 N–H and O–H groups in total. The van der Waals surface area contributed by atoms with Crippen LogP contribution in [-0.2, 0) is 6.54 Å². The predicted octanol–water partition coefficient (Wildman–Crippen LogP) is 3.06. The van der Waals surface area contributed by atoms with Gasteiger partial charge < -0.3 is 15.2 Å². The molecule has 0 unspecified atom stereocenters. The monoisotopic (exact) mass is 283 g/mol. The molecule has 0 spiro atoms. The van der Waals surface area contributed by atoms with Crippen molar-refractivity contribution in [3.63, 3.8) is 0 Å². The third-order valence-electron chi connectivity index (χ3n) is 3.77. The first kappa shape index (κ1) is 16.3. The molecule has 1 aromatic rings. The highest BCUT2D eigenvalue weighted by Crippen LogP contribution is 2.28. The molecule has 1 aromatic carbocycles. The van der Waals surface area contributed by atoms with Gasteiger partial charge in [0, 0.05) is 17.0 Å². The average Bonchev–Trinajstić information content (AvgIpc) is 2.49. The van der Waals surface area contributed by atoms with Gasteiger partial charge in [-0.1, -0.05) is 19.9 Å². The van der Waals surface area contributed by atoms with Gasteiger partial charge in [-0.3, -0.25) is 0 Å². The van der Waals surface area contributed by atoms with Crippen LogP contribution in [0.2, 0.25) is 0 Å². The summed E-state index contributed by atoms with van der Waals surface area (Å²) in [4.78, 5) is 1.14. The number of benzene rings is 1. The Hall–Kier alpha value is -0.710. The molecule has 0 fully saturated rings. The van der Waals surface area contributed by atoms with Crippen molar-refractivity contribution < 1.29 is 9.84 Å². The second-order valence-corrected chi connectivity index (χ2v) is 5.54. The van der Waals surface area contributed by atoms with Crippen LogP contribution in [-0.4, -0.2) is 30.6 Å². The maximum absolute atomic E-state index is 9.55. The van der Waals surface area contributed by atoms with E-state index in [1.165, 1.54) is 5.56 Å². The lowest BCUT2D eigenvalue weighted by Crippen LogP contribution is -2.47. The van der Waals surface area contributed by atoms with Crippen molar-refractivity contribution in [3.05, 3.63) is 23.8 Å². The van der Waals surface area contributed by atoms with E-state index in [0.29, 0.717) is 0 Å². The molecule has 0 radical (unpaired) electrons. The van der Waals surface area contributed by atoms with E-state index in [1.807, 2.05) is 6.26 Å². The van der Waals surface area contributed by atoms with E-state index in [0.717, 1.165) is 30.0 Å². The Labute approximate surface area is 120 Å². The van der Waals surface area contributed by atoms with E-state index in [2.05, 4.69) is 37.4 Å². The Kier molecular flexibility index (Phi) is 6.69. The highest BCUT2D eigenvalue weighted by atomic mass is 32.2. The third kappa shape index (κ3) is 4.13. The van der Waals surface area contributed by atoms with Crippen LogP contribution in [0.1, 0.15) is 32.3 Å². The molecule has 0 aliphatic rings. The van der Waals surface area contributed by atoms with Crippen molar-refractivity contribution in [2.75, 3.05) is 20.0 Å². The number of aliphatic hydroxyl groups is 1. The molecule has 0 aliphatic carbocycles. The van der Waals surface area contributed by atoms with Crippen LogP contribution in [0, 0.1) is 0 Å². The smallest absolute Gasteiger partial charge is 0.132 e. The molecule has 3 nitrogen and oxygen atoms in total. The quantitative estimate of drug-likeness (QED) is 0.720. The van der Waals surface area contributed by atoms with E-state index in [9.17, 15) is 5.11 Å². The minimum Gasteiger partial charge on any atom is -0.496 e. The van der Waals surface area contributed by atoms with E-state index in [1.54, 1.807) is 18.9 Å². The van der Waals surface area contributed by atoms with Gasteiger partial charge in [0.2, 0.25) is 0 Å². The molecule has 4 heteroatoms. The van der Waals surface area contributed by atoms with Gasteiger partial charge in [-0.25, -0.2) is 0 Å². The second kappa shape index (κ2) is 7.78. The van der Waals surface area contributed by atoms with E-state index in [4.69, 9.17) is 4.74 Å². The number of nitrogens with one attached hydrogen (secondary N) is 1. The summed E-state index contributed by atoms with van der Waals surface area (Å²) in [6.07, 6.45) is 3.88. The van der Waals surface area contributed by atoms with Crippen LogP contribution < -0.4 is 10.1 Å². The summed E-state index contributed by atoms with van der Waals surface area (Å²) in [5.74, 6) is 0.911. The molecule has 108 valence electrons. The highest BCUT2D eigenvalue weighted by Gasteiger charge is 2.24. The summed E-state index contributed by atoms with van der Waals surface area (Å²) in [7, 11) is 1.70. The van der Waals surface area contributed by atoms with Gasteiger partial charge in [0.05, 0.1) is 13.7 Å². The van der Waals surface area contributed by atoms with E-state index < -0.39 is 0 Å². The summed E-state index contributed by atoms with van der Waals surface area (Å²) < 4.78 is 5.39. The topological polar surface area (TPSA) is 41.5 Å². The normalized spacial score (nSPS) is 11.6. The second-order valence-electron chi connectivity index (χ2n) is 4.69. The fourth-order valence-corrected chi connectivity index (χ4v) is 2.61. The predicted molar refractivity (Wildman–Crippen MR) is 82.0 cm³/mol. The van der Waals surface area contributed by atoms with Crippen LogP contribution in [0.3, 0.4) is 0 Å². The molecular weight excluding hydrogens is 258 g/mol. The van der Waals surface area contributed by atoms with Gasteiger partial charge in [0.25, 0.3) is 0 Å². The molecule has 19 heavy (non-hydrogen) atoms. The lowest BCUT2D eigenvalue weighted by Gasteiger charge is -2.31. The number of thioether (sulfide) groups is 1. The fourth-order valence-electron chi connectivity index (χ4n) is 2.06.